The van der Waals surface area contributed by atoms with Crippen LogP contribution in [0.3, 0.4) is 0 Å². The van der Waals surface area contributed by atoms with Gasteiger partial charge in [-0.1, -0.05) is 37.2 Å². The third kappa shape index (κ3) is 3.87. The van der Waals surface area contributed by atoms with Crippen molar-refractivity contribution in [1.82, 2.24) is 4.31 Å². The average molecular weight is 324 g/mol. The summed E-state index contributed by atoms with van der Waals surface area (Å²) in [7, 11) is -3.13. The fraction of sp³-hybridized carbons (Fsp3) is 0.562. The minimum atomic E-state index is -3.13. The van der Waals surface area contributed by atoms with Gasteiger partial charge in [0.1, 0.15) is 0 Å². The Hall–Kier alpha value is -1.40. The summed E-state index contributed by atoms with van der Waals surface area (Å²) in [6.45, 7) is 5.21. The highest BCUT2D eigenvalue weighted by atomic mass is 32.2. The van der Waals surface area contributed by atoms with E-state index in [1.54, 1.807) is 0 Å². The number of piperidine rings is 1. The number of hydrogen-bond acceptors (Lipinski definition) is 4. The molecule has 0 bridgehead atoms. The van der Waals surface area contributed by atoms with Gasteiger partial charge in [-0.25, -0.2) is 12.7 Å². The molecule has 0 unspecified atom stereocenters. The Balaban J connectivity index is 2.16. The highest BCUT2D eigenvalue weighted by Gasteiger charge is 2.28. The van der Waals surface area contributed by atoms with Gasteiger partial charge in [-0.05, 0) is 36.0 Å². The maximum atomic E-state index is 11.6. The Morgan fingerprint density at radius 1 is 1.32 bits per heavy atom. The van der Waals surface area contributed by atoms with Crippen molar-refractivity contribution in [3.05, 3.63) is 35.4 Å². The van der Waals surface area contributed by atoms with Gasteiger partial charge in [0, 0.05) is 19.0 Å². The second-order valence-electron chi connectivity index (χ2n) is 6.20. The highest BCUT2D eigenvalue weighted by molar-refractivity contribution is 7.88. The molecule has 6 heteroatoms. The van der Waals surface area contributed by atoms with E-state index in [4.69, 9.17) is 0 Å². The molecule has 1 saturated heterocycles. The van der Waals surface area contributed by atoms with Crippen LogP contribution in [0.25, 0.3) is 0 Å². The van der Waals surface area contributed by atoms with E-state index in [-0.39, 0.29) is 5.92 Å². The van der Waals surface area contributed by atoms with E-state index < -0.39 is 10.0 Å². The predicted molar refractivity (Wildman–Crippen MR) is 88.0 cm³/mol. The summed E-state index contributed by atoms with van der Waals surface area (Å²) in [5, 5.41) is 13.0. The van der Waals surface area contributed by atoms with Crippen molar-refractivity contribution >= 4 is 15.7 Å². The molecule has 0 amide bonds. The second kappa shape index (κ2) is 6.79. The van der Waals surface area contributed by atoms with Gasteiger partial charge in [-0.15, -0.1) is 0 Å². The molecule has 0 saturated carbocycles. The minimum absolute atomic E-state index is 0.0883. The van der Waals surface area contributed by atoms with Crippen molar-refractivity contribution in [3.8, 4) is 0 Å². The number of nitrogens with zero attached hydrogens (tertiary/aromatic N) is 2. The monoisotopic (exact) mass is 324 g/mol. The van der Waals surface area contributed by atoms with Crippen LogP contribution in [0.2, 0.25) is 0 Å². The minimum Gasteiger partial charge on any atom is -0.411 e. The fourth-order valence-electron chi connectivity index (χ4n) is 2.89. The van der Waals surface area contributed by atoms with Crippen molar-refractivity contribution in [2.45, 2.75) is 32.6 Å². The topological polar surface area (TPSA) is 70.0 Å². The Bertz CT molecular complexity index is 645. The van der Waals surface area contributed by atoms with Crippen LogP contribution in [-0.2, 0) is 10.0 Å². The van der Waals surface area contributed by atoms with Crippen LogP contribution < -0.4 is 0 Å². The van der Waals surface area contributed by atoms with Crippen molar-refractivity contribution in [2.75, 3.05) is 19.3 Å². The molecule has 2 rings (SSSR count). The Labute approximate surface area is 132 Å². The predicted octanol–water partition coefficient (Wildman–Crippen LogP) is 2.66. The maximum Gasteiger partial charge on any atom is 0.211 e. The Kier molecular flexibility index (Phi) is 5.24. The van der Waals surface area contributed by atoms with Crippen molar-refractivity contribution < 1.29 is 13.6 Å². The molecule has 0 aliphatic carbocycles. The second-order valence-corrected chi connectivity index (χ2v) is 8.18. The number of sulfonamides is 1. The summed E-state index contributed by atoms with van der Waals surface area (Å²) < 4.78 is 24.6. The first-order valence-electron chi connectivity index (χ1n) is 7.60. The quantitative estimate of drug-likeness (QED) is 0.526. The van der Waals surface area contributed by atoms with E-state index in [2.05, 4.69) is 31.1 Å². The molecule has 1 aromatic rings. The van der Waals surface area contributed by atoms with Crippen LogP contribution >= 0.6 is 0 Å². The molecule has 0 aromatic heterocycles. The van der Waals surface area contributed by atoms with E-state index in [0.717, 1.165) is 5.56 Å². The molecule has 0 atom stereocenters. The molecule has 1 N–H and O–H groups in total. The summed E-state index contributed by atoms with van der Waals surface area (Å²) in [4.78, 5) is 0. The van der Waals surface area contributed by atoms with Crippen LogP contribution in [-0.4, -0.2) is 43.0 Å². The van der Waals surface area contributed by atoms with Crippen LogP contribution in [0, 0.1) is 5.92 Å². The molecule has 1 aliphatic heterocycles. The standard InChI is InChI=1S/C16H24N2O3S/c1-12(2)14-5-4-6-15(11-14)16(17-19)13-7-9-18(10-8-13)22(3,20)21/h4-6,11-13,19H,7-10H2,1-3H3. The van der Waals surface area contributed by atoms with E-state index in [1.165, 1.54) is 16.1 Å². The molecule has 1 aliphatic rings. The average Bonchev–Trinajstić information content (AvgIpc) is 2.48. The van der Waals surface area contributed by atoms with E-state index in [1.807, 2.05) is 12.1 Å². The van der Waals surface area contributed by atoms with Crippen LogP contribution in [0.5, 0.6) is 0 Å². The molecule has 0 radical (unpaired) electrons. The molecule has 22 heavy (non-hydrogen) atoms. The molecule has 1 aromatic carbocycles. The van der Waals surface area contributed by atoms with E-state index >= 15 is 0 Å². The third-order valence-electron chi connectivity index (χ3n) is 4.27. The summed E-state index contributed by atoms with van der Waals surface area (Å²) >= 11 is 0. The van der Waals surface area contributed by atoms with Gasteiger partial charge in [-0.3, -0.25) is 0 Å². The lowest BCUT2D eigenvalue weighted by Gasteiger charge is -2.30. The SMILES string of the molecule is CC(C)c1cccc(C(=NO)C2CCN(S(C)(=O)=O)CC2)c1. The van der Waals surface area contributed by atoms with Gasteiger partial charge in [0.25, 0.3) is 0 Å². The lowest BCUT2D eigenvalue weighted by atomic mass is 9.87. The summed E-state index contributed by atoms with van der Waals surface area (Å²) in [6.07, 6.45) is 2.59. The molecular formula is C16H24N2O3S. The molecule has 122 valence electrons. The number of hydrogen-bond donors (Lipinski definition) is 1. The Morgan fingerprint density at radius 3 is 2.45 bits per heavy atom. The first-order chi connectivity index (χ1) is 10.3. The van der Waals surface area contributed by atoms with E-state index in [0.29, 0.717) is 37.6 Å². The molecule has 5 nitrogen and oxygen atoms in total. The van der Waals surface area contributed by atoms with Gasteiger partial charge in [0.05, 0.1) is 12.0 Å². The van der Waals surface area contributed by atoms with E-state index in [9.17, 15) is 13.6 Å². The molecular weight excluding hydrogens is 300 g/mol. The van der Waals surface area contributed by atoms with Crippen LogP contribution in [0.4, 0.5) is 0 Å². The van der Waals surface area contributed by atoms with Crippen molar-refractivity contribution in [1.29, 1.82) is 0 Å². The first kappa shape index (κ1) is 17.0. The van der Waals surface area contributed by atoms with Crippen LogP contribution in [0.1, 0.15) is 43.7 Å². The van der Waals surface area contributed by atoms with Gasteiger partial charge < -0.3 is 5.21 Å². The van der Waals surface area contributed by atoms with Crippen molar-refractivity contribution in [3.63, 3.8) is 0 Å². The zero-order valence-electron chi connectivity index (χ0n) is 13.4. The molecule has 1 heterocycles. The smallest absolute Gasteiger partial charge is 0.211 e. The number of oxime groups is 1. The first-order valence-corrected chi connectivity index (χ1v) is 9.45. The fourth-order valence-corrected chi connectivity index (χ4v) is 3.77. The zero-order valence-corrected chi connectivity index (χ0v) is 14.2. The summed E-state index contributed by atoms with van der Waals surface area (Å²) in [6, 6.07) is 8.05. The van der Waals surface area contributed by atoms with Crippen LogP contribution in [0.15, 0.2) is 29.4 Å². The summed E-state index contributed by atoms with van der Waals surface area (Å²) in [5.41, 5.74) is 2.79. The van der Waals surface area contributed by atoms with Gasteiger partial charge in [-0.2, -0.15) is 0 Å². The molecule has 1 fully saturated rings. The third-order valence-corrected chi connectivity index (χ3v) is 5.57. The number of benzene rings is 1. The summed E-state index contributed by atoms with van der Waals surface area (Å²) in [5.74, 6) is 0.498. The van der Waals surface area contributed by atoms with Gasteiger partial charge >= 0.3 is 0 Å². The van der Waals surface area contributed by atoms with Gasteiger partial charge in [0.15, 0.2) is 0 Å². The maximum absolute atomic E-state index is 11.6. The lowest BCUT2D eigenvalue weighted by molar-refractivity contribution is 0.294. The van der Waals surface area contributed by atoms with Gasteiger partial charge in [0.2, 0.25) is 10.0 Å². The highest BCUT2D eigenvalue weighted by Crippen LogP contribution is 2.25. The molecule has 0 spiro atoms. The lowest BCUT2D eigenvalue weighted by Crippen LogP contribution is -2.39. The zero-order chi connectivity index (χ0) is 16.3. The van der Waals surface area contributed by atoms with Crippen molar-refractivity contribution in [2.24, 2.45) is 11.1 Å². The normalized spacial score (nSPS) is 18.8. The number of rotatable bonds is 4. The largest absolute Gasteiger partial charge is 0.411 e. The Morgan fingerprint density at radius 2 is 1.95 bits per heavy atom.